The summed E-state index contributed by atoms with van der Waals surface area (Å²) in [6, 6.07) is 36.6. The number of hydrogen-bond acceptors (Lipinski definition) is 3. The van der Waals surface area contributed by atoms with Crippen molar-refractivity contribution in [2.24, 2.45) is 5.92 Å². The molecular weight excluding hydrogens is 492 g/mol. The molecule has 4 aromatic rings. The van der Waals surface area contributed by atoms with Crippen LogP contribution in [-0.2, 0) is 22.6 Å². The molecule has 3 nitrogen and oxygen atoms in total. The summed E-state index contributed by atoms with van der Waals surface area (Å²) in [4.78, 5) is 12.4. The molecule has 2 aliphatic rings. The summed E-state index contributed by atoms with van der Waals surface area (Å²) in [7, 11) is 0. The SMILES string of the molecule is Cc1ccc2c(c1)CCC(c1ccccc1)[C@@H]2c1ccc(OC2CCC(CC(=O)OCc3ccccc3)C2)cc1. The Balaban J connectivity index is 1.09. The number of rotatable bonds is 8. The lowest BCUT2D eigenvalue weighted by atomic mass is 9.69. The molecule has 0 bridgehead atoms. The van der Waals surface area contributed by atoms with Gasteiger partial charge < -0.3 is 9.47 Å². The third kappa shape index (κ3) is 6.14. The van der Waals surface area contributed by atoms with Gasteiger partial charge in [0.1, 0.15) is 12.4 Å². The van der Waals surface area contributed by atoms with E-state index in [4.69, 9.17) is 9.47 Å². The van der Waals surface area contributed by atoms with Crippen LogP contribution in [0.15, 0.2) is 103 Å². The van der Waals surface area contributed by atoms with E-state index in [1.165, 1.54) is 27.8 Å². The number of fused-ring (bicyclic) bond motifs is 1. The largest absolute Gasteiger partial charge is 0.490 e. The van der Waals surface area contributed by atoms with Gasteiger partial charge in [0.05, 0.1) is 6.10 Å². The molecule has 0 aromatic heterocycles. The van der Waals surface area contributed by atoms with Gasteiger partial charge >= 0.3 is 5.97 Å². The van der Waals surface area contributed by atoms with E-state index in [0.29, 0.717) is 30.8 Å². The highest BCUT2D eigenvalue weighted by Gasteiger charge is 2.32. The topological polar surface area (TPSA) is 35.5 Å². The number of esters is 1. The van der Waals surface area contributed by atoms with Crippen molar-refractivity contribution < 1.29 is 14.3 Å². The Bertz CT molecular complexity index is 1410. The summed E-state index contributed by atoms with van der Waals surface area (Å²) in [5.41, 5.74) is 8.05. The first-order chi connectivity index (χ1) is 19.6. The molecule has 2 aliphatic carbocycles. The van der Waals surface area contributed by atoms with Crippen LogP contribution >= 0.6 is 0 Å². The maximum absolute atomic E-state index is 12.4. The fourth-order valence-corrected chi connectivity index (χ4v) is 6.72. The Morgan fingerprint density at radius 1 is 0.800 bits per heavy atom. The second-order valence-electron chi connectivity index (χ2n) is 11.6. The van der Waals surface area contributed by atoms with Gasteiger partial charge in [-0.2, -0.15) is 0 Å². The van der Waals surface area contributed by atoms with E-state index in [9.17, 15) is 4.79 Å². The van der Waals surface area contributed by atoms with E-state index >= 15 is 0 Å². The molecule has 3 heteroatoms. The number of carbonyl (C=O) groups is 1. The van der Waals surface area contributed by atoms with Crippen molar-refractivity contribution in [3.63, 3.8) is 0 Å². The van der Waals surface area contributed by atoms with Gasteiger partial charge in [0.15, 0.2) is 0 Å². The zero-order valence-electron chi connectivity index (χ0n) is 23.3. The quantitative estimate of drug-likeness (QED) is 0.214. The summed E-state index contributed by atoms with van der Waals surface area (Å²) in [6.45, 7) is 2.53. The van der Waals surface area contributed by atoms with E-state index in [2.05, 4.69) is 79.7 Å². The predicted octanol–water partition coefficient (Wildman–Crippen LogP) is 8.54. The Labute approximate surface area is 238 Å². The summed E-state index contributed by atoms with van der Waals surface area (Å²) in [6.07, 6.45) is 5.76. The summed E-state index contributed by atoms with van der Waals surface area (Å²) in [5.74, 6) is 1.91. The van der Waals surface area contributed by atoms with E-state index in [1.807, 2.05) is 30.3 Å². The fourth-order valence-electron chi connectivity index (χ4n) is 6.72. The van der Waals surface area contributed by atoms with Gasteiger partial charge in [-0.3, -0.25) is 4.79 Å². The highest BCUT2D eigenvalue weighted by Crippen LogP contribution is 2.46. The van der Waals surface area contributed by atoms with Crippen molar-refractivity contribution >= 4 is 5.97 Å². The van der Waals surface area contributed by atoms with Crippen LogP contribution in [-0.4, -0.2) is 12.1 Å². The van der Waals surface area contributed by atoms with E-state index in [-0.39, 0.29) is 12.1 Å². The molecule has 4 atom stereocenters. The molecule has 204 valence electrons. The molecule has 0 heterocycles. The zero-order valence-corrected chi connectivity index (χ0v) is 23.3. The molecule has 0 aliphatic heterocycles. The first-order valence-corrected chi connectivity index (χ1v) is 14.7. The van der Waals surface area contributed by atoms with Crippen LogP contribution in [0.4, 0.5) is 0 Å². The van der Waals surface area contributed by atoms with E-state index < -0.39 is 0 Å². The molecule has 0 radical (unpaired) electrons. The van der Waals surface area contributed by atoms with Crippen molar-refractivity contribution in [2.75, 3.05) is 0 Å². The van der Waals surface area contributed by atoms with Gasteiger partial charge in [-0.1, -0.05) is 96.6 Å². The average molecular weight is 531 g/mol. The van der Waals surface area contributed by atoms with Crippen LogP contribution in [0.1, 0.15) is 77.3 Å². The minimum Gasteiger partial charge on any atom is -0.490 e. The Kier molecular flexibility index (Phi) is 7.99. The van der Waals surface area contributed by atoms with Gasteiger partial charge in [-0.25, -0.2) is 0 Å². The van der Waals surface area contributed by atoms with Crippen LogP contribution in [0.25, 0.3) is 0 Å². The van der Waals surface area contributed by atoms with Crippen LogP contribution in [0.5, 0.6) is 5.75 Å². The van der Waals surface area contributed by atoms with Crippen molar-refractivity contribution in [1.29, 1.82) is 0 Å². The maximum Gasteiger partial charge on any atom is 0.306 e. The van der Waals surface area contributed by atoms with Gasteiger partial charge in [-0.15, -0.1) is 0 Å². The van der Waals surface area contributed by atoms with Gasteiger partial charge in [0.2, 0.25) is 0 Å². The number of ether oxygens (including phenoxy) is 2. The first kappa shape index (κ1) is 26.4. The monoisotopic (exact) mass is 530 g/mol. The highest BCUT2D eigenvalue weighted by atomic mass is 16.5. The maximum atomic E-state index is 12.4. The van der Waals surface area contributed by atoms with Gasteiger partial charge in [0, 0.05) is 12.3 Å². The second-order valence-corrected chi connectivity index (χ2v) is 11.6. The molecule has 0 amide bonds. The summed E-state index contributed by atoms with van der Waals surface area (Å²) in [5, 5.41) is 0. The molecule has 40 heavy (non-hydrogen) atoms. The number of aryl methyl sites for hydroxylation is 2. The van der Waals surface area contributed by atoms with Crippen molar-refractivity contribution in [1.82, 2.24) is 0 Å². The zero-order chi connectivity index (χ0) is 27.3. The molecular formula is C37H38O3. The fraction of sp³-hybridized carbons (Fsp3) is 0.324. The number of carbonyl (C=O) groups excluding carboxylic acids is 1. The van der Waals surface area contributed by atoms with Gasteiger partial charge in [0.25, 0.3) is 0 Å². The molecule has 0 N–H and O–H groups in total. The van der Waals surface area contributed by atoms with Crippen LogP contribution in [0, 0.1) is 12.8 Å². The first-order valence-electron chi connectivity index (χ1n) is 14.7. The van der Waals surface area contributed by atoms with Crippen LogP contribution in [0.2, 0.25) is 0 Å². The molecule has 3 unspecified atom stereocenters. The normalized spacial score (nSPS) is 21.9. The number of benzene rings is 4. The highest BCUT2D eigenvalue weighted by molar-refractivity contribution is 5.69. The Morgan fingerprint density at radius 2 is 1.55 bits per heavy atom. The Morgan fingerprint density at radius 3 is 2.33 bits per heavy atom. The minimum atomic E-state index is -0.116. The summed E-state index contributed by atoms with van der Waals surface area (Å²) >= 11 is 0. The van der Waals surface area contributed by atoms with E-state index in [0.717, 1.165) is 43.4 Å². The third-order valence-electron chi connectivity index (χ3n) is 8.72. The van der Waals surface area contributed by atoms with Gasteiger partial charge in [-0.05, 0) is 90.8 Å². The minimum absolute atomic E-state index is 0.116. The third-order valence-corrected chi connectivity index (χ3v) is 8.72. The second kappa shape index (κ2) is 12.1. The number of hydrogen-bond donors (Lipinski definition) is 0. The van der Waals surface area contributed by atoms with E-state index in [1.54, 1.807) is 0 Å². The molecule has 6 rings (SSSR count). The predicted molar refractivity (Wildman–Crippen MR) is 160 cm³/mol. The lowest BCUT2D eigenvalue weighted by Crippen LogP contribution is -2.20. The molecule has 1 saturated carbocycles. The van der Waals surface area contributed by atoms with Crippen LogP contribution in [0.3, 0.4) is 0 Å². The smallest absolute Gasteiger partial charge is 0.306 e. The lowest BCUT2D eigenvalue weighted by Gasteiger charge is -2.35. The average Bonchev–Trinajstić information content (AvgIpc) is 3.43. The van der Waals surface area contributed by atoms with Crippen molar-refractivity contribution in [3.05, 3.63) is 137 Å². The Hall–Kier alpha value is -3.85. The lowest BCUT2D eigenvalue weighted by molar-refractivity contribution is -0.146. The van der Waals surface area contributed by atoms with Crippen molar-refractivity contribution in [2.45, 2.75) is 70.0 Å². The van der Waals surface area contributed by atoms with Crippen molar-refractivity contribution in [3.8, 4) is 5.75 Å². The molecule has 4 aromatic carbocycles. The summed E-state index contributed by atoms with van der Waals surface area (Å²) < 4.78 is 11.9. The standard InChI is InChI=1S/C37H38O3/c1-26-12-20-35-31(22-26)16-21-34(29-10-6-3-7-11-29)37(35)30-14-18-32(19-15-30)40-33-17-13-28(23-33)24-36(38)39-25-27-8-4-2-5-9-27/h2-12,14-15,18-20,22,28,33-34,37H,13,16-17,21,23-25H2,1H3/t28?,33?,34?,37-/m0/s1. The molecule has 1 fully saturated rings. The molecule has 0 spiro atoms. The van der Waals surface area contributed by atoms with Crippen LogP contribution < -0.4 is 4.74 Å². The molecule has 0 saturated heterocycles.